The molecule has 0 aromatic carbocycles. The van der Waals surface area contributed by atoms with Crippen molar-refractivity contribution in [2.75, 3.05) is 6.54 Å². The summed E-state index contributed by atoms with van der Waals surface area (Å²) >= 11 is 0. The molecule has 0 spiro atoms. The molecule has 114 valence electrons. The highest BCUT2D eigenvalue weighted by atomic mass is 16.4. The number of nitrogens with zero attached hydrogens (tertiary/aromatic N) is 2. The van der Waals surface area contributed by atoms with Crippen LogP contribution >= 0.6 is 0 Å². The lowest BCUT2D eigenvalue weighted by molar-refractivity contribution is -0.138. The molecule has 21 heavy (non-hydrogen) atoms. The predicted molar refractivity (Wildman–Crippen MR) is 82.2 cm³/mol. The molecule has 0 unspecified atom stereocenters. The number of nitrogens with two attached hydrogens (primary N) is 2. The van der Waals surface area contributed by atoms with E-state index in [-0.39, 0.29) is 5.96 Å². The maximum atomic E-state index is 11.1. The average Bonchev–Trinajstić information content (AvgIpc) is 2.89. The van der Waals surface area contributed by atoms with Gasteiger partial charge in [-0.3, -0.25) is 9.98 Å². The molecule has 0 aliphatic heterocycles. The number of guanidine groups is 1. The average molecular weight is 292 g/mol. The third-order valence-corrected chi connectivity index (χ3v) is 2.59. The van der Waals surface area contributed by atoms with Crippen molar-refractivity contribution in [1.29, 1.82) is 0 Å². The van der Waals surface area contributed by atoms with Crippen LogP contribution in [-0.4, -0.2) is 35.8 Å². The largest absolute Gasteiger partial charge is 0.480 e. The number of carboxylic acid groups (broad SMARTS) is 1. The molecule has 0 radical (unpaired) electrons. The van der Waals surface area contributed by atoms with E-state index in [1.54, 1.807) is 24.5 Å². The van der Waals surface area contributed by atoms with Gasteiger partial charge in [-0.25, -0.2) is 4.79 Å². The lowest BCUT2D eigenvalue weighted by atomic mass is 10.1. The highest BCUT2D eigenvalue weighted by Gasteiger charge is 2.14. The number of rotatable bonds is 8. The van der Waals surface area contributed by atoms with E-state index >= 15 is 0 Å². The van der Waals surface area contributed by atoms with Crippen LogP contribution in [0.2, 0.25) is 0 Å². The summed E-state index contributed by atoms with van der Waals surface area (Å²) in [6.45, 7) is 2.22. The zero-order valence-electron chi connectivity index (χ0n) is 11.9. The Bertz CT molecular complexity index is 528. The minimum atomic E-state index is -0.971. The first-order valence-corrected chi connectivity index (χ1v) is 6.52. The Kier molecular flexibility index (Phi) is 6.73. The molecule has 1 atom stereocenters. The Hall–Kier alpha value is -2.57. The van der Waals surface area contributed by atoms with Gasteiger partial charge in [-0.05, 0) is 43.5 Å². The lowest BCUT2D eigenvalue weighted by Crippen LogP contribution is -2.23. The van der Waals surface area contributed by atoms with E-state index in [1.807, 2.05) is 6.92 Å². The fourth-order valence-corrected chi connectivity index (χ4v) is 1.60. The van der Waals surface area contributed by atoms with E-state index in [2.05, 4.69) is 9.98 Å². The summed E-state index contributed by atoms with van der Waals surface area (Å²) in [5.41, 5.74) is 11.2. The molecule has 0 bridgehead atoms. The second-order valence-corrected chi connectivity index (χ2v) is 4.48. The van der Waals surface area contributed by atoms with Gasteiger partial charge in [0.2, 0.25) is 0 Å². The SMILES string of the molecule is C/C(C=N[C@@H](CCCN=C(N)N)C(=O)O)=C\c1ccco1. The minimum Gasteiger partial charge on any atom is -0.480 e. The Morgan fingerprint density at radius 1 is 1.52 bits per heavy atom. The molecule has 1 aromatic heterocycles. The van der Waals surface area contributed by atoms with Crippen molar-refractivity contribution in [3.63, 3.8) is 0 Å². The fourth-order valence-electron chi connectivity index (χ4n) is 1.60. The zero-order valence-corrected chi connectivity index (χ0v) is 11.9. The van der Waals surface area contributed by atoms with Crippen molar-refractivity contribution in [3.05, 3.63) is 29.7 Å². The van der Waals surface area contributed by atoms with Gasteiger partial charge in [0.05, 0.1) is 6.26 Å². The summed E-state index contributed by atoms with van der Waals surface area (Å²) in [5, 5.41) is 9.11. The van der Waals surface area contributed by atoms with Crippen LogP contribution in [0.15, 0.2) is 38.4 Å². The molecule has 0 saturated carbocycles. The highest BCUT2D eigenvalue weighted by molar-refractivity contribution is 5.86. The highest BCUT2D eigenvalue weighted by Crippen LogP contribution is 2.07. The second kappa shape index (κ2) is 8.57. The van der Waals surface area contributed by atoms with Crippen LogP contribution in [0.1, 0.15) is 25.5 Å². The molecule has 7 nitrogen and oxygen atoms in total. The molecule has 1 aromatic rings. The third kappa shape index (κ3) is 6.95. The second-order valence-electron chi connectivity index (χ2n) is 4.48. The van der Waals surface area contributed by atoms with Gasteiger partial charge in [0.25, 0.3) is 0 Å². The first kappa shape index (κ1) is 16.5. The number of carboxylic acids is 1. The molecule has 1 rings (SSSR count). The number of allylic oxidation sites excluding steroid dienone is 1. The quantitative estimate of drug-likeness (QED) is 0.377. The van der Waals surface area contributed by atoms with E-state index in [9.17, 15) is 4.79 Å². The Morgan fingerprint density at radius 3 is 2.86 bits per heavy atom. The molecular weight excluding hydrogens is 272 g/mol. The third-order valence-electron chi connectivity index (χ3n) is 2.59. The zero-order chi connectivity index (χ0) is 15.7. The van der Waals surface area contributed by atoms with E-state index in [1.165, 1.54) is 6.21 Å². The van der Waals surface area contributed by atoms with Crippen molar-refractivity contribution in [3.8, 4) is 0 Å². The number of furan rings is 1. The smallest absolute Gasteiger partial charge is 0.328 e. The summed E-state index contributed by atoms with van der Waals surface area (Å²) in [6, 6.07) is 2.78. The van der Waals surface area contributed by atoms with Gasteiger partial charge in [-0.15, -0.1) is 0 Å². The lowest BCUT2D eigenvalue weighted by Gasteiger charge is -2.06. The summed E-state index contributed by atoms with van der Waals surface area (Å²) in [7, 11) is 0. The summed E-state index contributed by atoms with van der Waals surface area (Å²) in [4.78, 5) is 19.0. The number of hydrogen-bond acceptors (Lipinski definition) is 4. The molecular formula is C14H20N4O3. The van der Waals surface area contributed by atoms with Crippen LogP contribution in [0.4, 0.5) is 0 Å². The van der Waals surface area contributed by atoms with Gasteiger partial charge in [0.1, 0.15) is 11.8 Å². The van der Waals surface area contributed by atoms with Crippen molar-refractivity contribution in [2.24, 2.45) is 21.5 Å². The van der Waals surface area contributed by atoms with Crippen molar-refractivity contribution in [2.45, 2.75) is 25.8 Å². The molecule has 0 saturated heterocycles. The molecule has 0 aliphatic rings. The molecule has 0 amide bonds. The molecule has 0 aliphatic carbocycles. The Balaban J connectivity index is 2.55. The van der Waals surface area contributed by atoms with E-state index in [0.717, 1.165) is 5.57 Å². The molecule has 5 N–H and O–H groups in total. The number of aliphatic imine (C=N–C) groups is 2. The standard InChI is InChI=1S/C14H20N4O3/c1-10(8-11-4-3-7-21-11)9-18-12(13(19)20)5-2-6-17-14(15)16/h3-4,7-9,12H,2,5-6H2,1H3,(H,19,20)(H4,15,16,17)/b10-8+,18-9?/t12-/m0/s1. The summed E-state index contributed by atoms with van der Waals surface area (Å²) in [5.74, 6) is -0.275. The van der Waals surface area contributed by atoms with Crippen LogP contribution in [0, 0.1) is 0 Å². The van der Waals surface area contributed by atoms with Gasteiger partial charge in [0, 0.05) is 12.8 Å². The molecule has 7 heteroatoms. The number of aliphatic carboxylic acids is 1. The first-order chi connectivity index (χ1) is 9.99. The van der Waals surface area contributed by atoms with E-state index in [4.69, 9.17) is 21.0 Å². The van der Waals surface area contributed by atoms with E-state index in [0.29, 0.717) is 25.1 Å². The van der Waals surface area contributed by atoms with Crippen LogP contribution in [-0.2, 0) is 4.79 Å². The number of carbonyl (C=O) groups is 1. The van der Waals surface area contributed by atoms with Crippen molar-refractivity contribution < 1.29 is 14.3 Å². The first-order valence-electron chi connectivity index (χ1n) is 6.52. The van der Waals surface area contributed by atoms with Gasteiger partial charge in [-0.1, -0.05) is 0 Å². The minimum absolute atomic E-state index is 0.00241. The van der Waals surface area contributed by atoms with E-state index < -0.39 is 12.0 Å². The van der Waals surface area contributed by atoms with Gasteiger partial charge in [0.15, 0.2) is 5.96 Å². The fraction of sp³-hybridized carbons (Fsp3) is 0.357. The molecule has 1 heterocycles. The Morgan fingerprint density at radius 2 is 2.29 bits per heavy atom. The normalized spacial score (nSPS) is 13.3. The summed E-state index contributed by atoms with van der Waals surface area (Å²) < 4.78 is 5.17. The maximum Gasteiger partial charge on any atom is 0.328 e. The van der Waals surface area contributed by atoms with Gasteiger partial charge >= 0.3 is 5.97 Å². The van der Waals surface area contributed by atoms with Crippen LogP contribution < -0.4 is 11.5 Å². The number of hydrogen-bond donors (Lipinski definition) is 3. The van der Waals surface area contributed by atoms with Crippen LogP contribution in [0.25, 0.3) is 6.08 Å². The van der Waals surface area contributed by atoms with Crippen molar-refractivity contribution in [1.82, 2.24) is 0 Å². The monoisotopic (exact) mass is 292 g/mol. The van der Waals surface area contributed by atoms with Crippen LogP contribution in [0.5, 0.6) is 0 Å². The summed E-state index contributed by atoms with van der Waals surface area (Å²) in [6.07, 6.45) is 5.80. The van der Waals surface area contributed by atoms with Gasteiger partial charge < -0.3 is 21.0 Å². The molecule has 0 fully saturated rings. The van der Waals surface area contributed by atoms with Gasteiger partial charge in [-0.2, -0.15) is 0 Å². The maximum absolute atomic E-state index is 11.1. The van der Waals surface area contributed by atoms with Crippen molar-refractivity contribution >= 4 is 24.2 Å². The predicted octanol–water partition coefficient (Wildman–Crippen LogP) is 1.26. The Labute approximate surface area is 123 Å². The van der Waals surface area contributed by atoms with Crippen LogP contribution in [0.3, 0.4) is 0 Å². The topological polar surface area (TPSA) is 127 Å².